The van der Waals surface area contributed by atoms with Crippen molar-refractivity contribution in [1.29, 1.82) is 0 Å². The minimum absolute atomic E-state index is 0.487. The fourth-order valence-corrected chi connectivity index (χ4v) is 0.589. The summed E-state index contributed by atoms with van der Waals surface area (Å²) in [4.78, 5) is 19.6. The van der Waals surface area contributed by atoms with Crippen LogP contribution >= 0.6 is 0 Å². The zero-order chi connectivity index (χ0) is 7.66. The van der Waals surface area contributed by atoms with Gasteiger partial charge in [0.15, 0.2) is 0 Å². The Kier molecular flexibility index (Phi) is 7.34. The highest BCUT2D eigenvalue weighted by Gasteiger charge is 1.80. The van der Waals surface area contributed by atoms with E-state index in [9.17, 15) is 9.59 Å². The second-order valence-electron chi connectivity index (χ2n) is 1.97. The molecule has 56 valence electrons. The third kappa shape index (κ3) is 7.08. The highest BCUT2D eigenvalue weighted by Crippen LogP contribution is 1.93. The highest BCUT2D eigenvalue weighted by molar-refractivity contribution is 5.51. The molecule has 0 bridgehead atoms. The van der Waals surface area contributed by atoms with E-state index in [1.807, 2.05) is 12.2 Å². The van der Waals surface area contributed by atoms with Crippen molar-refractivity contribution in [3.8, 4) is 0 Å². The van der Waals surface area contributed by atoms with Gasteiger partial charge in [0.2, 0.25) is 0 Å². The Labute approximate surface area is 60.9 Å². The molecule has 0 aromatic heterocycles. The molecule has 0 unspecified atom stereocenters. The largest absolute Gasteiger partial charge is 0.303 e. The van der Waals surface area contributed by atoms with Crippen molar-refractivity contribution in [3.63, 3.8) is 0 Å². The van der Waals surface area contributed by atoms with Crippen LogP contribution in [-0.2, 0) is 9.59 Å². The van der Waals surface area contributed by atoms with Crippen LogP contribution in [0.25, 0.3) is 0 Å². The van der Waals surface area contributed by atoms with E-state index < -0.39 is 0 Å². The fourth-order valence-electron chi connectivity index (χ4n) is 0.589. The van der Waals surface area contributed by atoms with Crippen molar-refractivity contribution in [2.24, 2.45) is 0 Å². The summed E-state index contributed by atoms with van der Waals surface area (Å²) in [6.07, 6.45) is 8.40. The molecule has 0 rings (SSSR count). The molecule has 0 aromatic carbocycles. The molecule has 0 atom stereocenters. The number of aldehydes is 2. The first kappa shape index (κ1) is 9.08. The van der Waals surface area contributed by atoms with Gasteiger partial charge in [0.1, 0.15) is 12.6 Å². The first-order valence-electron chi connectivity index (χ1n) is 3.44. The molecule has 0 aliphatic carbocycles. The van der Waals surface area contributed by atoms with Crippen molar-refractivity contribution >= 4 is 12.6 Å². The van der Waals surface area contributed by atoms with E-state index in [-0.39, 0.29) is 0 Å². The Balaban J connectivity index is 3.01. The highest BCUT2D eigenvalue weighted by atomic mass is 16.1. The number of hydrogen-bond donors (Lipinski definition) is 0. The lowest BCUT2D eigenvalue weighted by molar-refractivity contribution is -0.108. The molecular weight excluding hydrogens is 128 g/mol. The Bertz CT molecular complexity index is 116. The third-order valence-corrected chi connectivity index (χ3v) is 1.09. The standard InChI is InChI=1S/C8H12O2/c9-7-5-3-1-2-4-6-8-10/h1,3,7-8H,2,4-6H2. The second kappa shape index (κ2) is 8.08. The molecule has 0 aliphatic heterocycles. The Morgan fingerprint density at radius 1 is 0.900 bits per heavy atom. The molecule has 0 heterocycles. The lowest BCUT2D eigenvalue weighted by atomic mass is 10.2. The van der Waals surface area contributed by atoms with Gasteiger partial charge in [-0.15, -0.1) is 0 Å². The number of hydrogen-bond acceptors (Lipinski definition) is 2. The monoisotopic (exact) mass is 140 g/mol. The SMILES string of the molecule is O=CCC=CCCCC=O. The summed E-state index contributed by atoms with van der Waals surface area (Å²) < 4.78 is 0. The van der Waals surface area contributed by atoms with Crippen LogP contribution in [0, 0.1) is 0 Å². The molecule has 10 heavy (non-hydrogen) atoms. The van der Waals surface area contributed by atoms with Crippen LogP contribution in [0.2, 0.25) is 0 Å². The number of allylic oxidation sites excluding steroid dienone is 2. The topological polar surface area (TPSA) is 34.1 Å². The van der Waals surface area contributed by atoms with Gasteiger partial charge >= 0.3 is 0 Å². The van der Waals surface area contributed by atoms with Crippen molar-refractivity contribution in [3.05, 3.63) is 12.2 Å². The van der Waals surface area contributed by atoms with Crippen LogP contribution in [0.5, 0.6) is 0 Å². The molecule has 2 heteroatoms. The molecule has 0 radical (unpaired) electrons. The summed E-state index contributed by atoms with van der Waals surface area (Å²) >= 11 is 0. The minimum Gasteiger partial charge on any atom is -0.303 e. The first-order valence-corrected chi connectivity index (χ1v) is 3.44. The molecular formula is C8H12O2. The Morgan fingerprint density at radius 2 is 1.70 bits per heavy atom. The van der Waals surface area contributed by atoms with E-state index in [0.717, 1.165) is 25.4 Å². The summed E-state index contributed by atoms with van der Waals surface area (Å²) in [6, 6.07) is 0. The maximum atomic E-state index is 9.81. The summed E-state index contributed by atoms with van der Waals surface area (Å²) in [7, 11) is 0. The predicted octanol–water partition coefficient (Wildman–Crippen LogP) is 1.50. The fraction of sp³-hybridized carbons (Fsp3) is 0.500. The van der Waals surface area contributed by atoms with E-state index in [1.165, 1.54) is 0 Å². The van der Waals surface area contributed by atoms with Crippen LogP contribution in [0.4, 0.5) is 0 Å². The van der Waals surface area contributed by atoms with Crippen LogP contribution in [-0.4, -0.2) is 12.6 Å². The van der Waals surface area contributed by atoms with E-state index in [0.29, 0.717) is 12.8 Å². The molecule has 0 aromatic rings. The van der Waals surface area contributed by atoms with Crippen molar-refractivity contribution in [2.45, 2.75) is 25.7 Å². The smallest absolute Gasteiger partial charge is 0.123 e. The van der Waals surface area contributed by atoms with E-state index in [1.54, 1.807) is 0 Å². The van der Waals surface area contributed by atoms with Crippen molar-refractivity contribution in [1.82, 2.24) is 0 Å². The van der Waals surface area contributed by atoms with Crippen molar-refractivity contribution < 1.29 is 9.59 Å². The lowest BCUT2D eigenvalue weighted by Crippen LogP contribution is -1.74. The maximum Gasteiger partial charge on any atom is 0.123 e. The third-order valence-electron chi connectivity index (χ3n) is 1.09. The first-order chi connectivity index (χ1) is 4.91. The average molecular weight is 140 g/mol. The zero-order valence-corrected chi connectivity index (χ0v) is 5.95. The van der Waals surface area contributed by atoms with Gasteiger partial charge in [0.25, 0.3) is 0 Å². The van der Waals surface area contributed by atoms with Gasteiger partial charge in [-0.3, -0.25) is 0 Å². The molecule has 0 N–H and O–H groups in total. The van der Waals surface area contributed by atoms with Crippen LogP contribution in [0.3, 0.4) is 0 Å². The molecule has 0 saturated carbocycles. The van der Waals surface area contributed by atoms with E-state index in [2.05, 4.69) is 0 Å². The summed E-state index contributed by atoms with van der Waals surface area (Å²) in [5.41, 5.74) is 0. The molecule has 2 nitrogen and oxygen atoms in total. The minimum atomic E-state index is 0.487. The van der Waals surface area contributed by atoms with Gasteiger partial charge in [-0.1, -0.05) is 12.2 Å². The molecule has 0 amide bonds. The number of carbonyl (C=O) groups is 2. The van der Waals surface area contributed by atoms with Gasteiger partial charge in [0.05, 0.1) is 0 Å². The molecule has 0 aliphatic rings. The van der Waals surface area contributed by atoms with Gasteiger partial charge in [-0.2, -0.15) is 0 Å². The molecule has 0 fully saturated rings. The second-order valence-corrected chi connectivity index (χ2v) is 1.97. The summed E-state index contributed by atoms with van der Waals surface area (Å²) in [6.45, 7) is 0. The summed E-state index contributed by atoms with van der Waals surface area (Å²) in [5.74, 6) is 0. The lowest BCUT2D eigenvalue weighted by Gasteiger charge is -1.84. The quantitative estimate of drug-likeness (QED) is 0.318. The average Bonchev–Trinajstić information content (AvgIpc) is 1.97. The van der Waals surface area contributed by atoms with Gasteiger partial charge in [-0.05, 0) is 12.8 Å². The van der Waals surface area contributed by atoms with Gasteiger partial charge in [0, 0.05) is 12.8 Å². The normalized spacial score (nSPS) is 10.0. The van der Waals surface area contributed by atoms with E-state index in [4.69, 9.17) is 0 Å². The van der Waals surface area contributed by atoms with Crippen LogP contribution in [0.1, 0.15) is 25.7 Å². The predicted molar refractivity (Wildman–Crippen MR) is 39.7 cm³/mol. The zero-order valence-electron chi connectivity index (χ0n) is 5.95. The number of unbranched alkanes of at least 4 members (excludes halogenated alkanes) is 2. The van der Waals surface area contributed by atoms with E-state index >= 15 is 0 Å². The molecule has 0 spiro atoms. The Morgan fingerprint density at radius 3 is 2.30 bits per heavy atom. The molecule has 0 saturated heterocycles. The van der Waals surface area contributed by atoms with Crippen molar-refractivity contribution in [2.75, 3.05) is 0 Å². The Hall–Kier alpha value is -0.920. The van der Waals surface area contributed by atoms with Gasteiger partial charge < -0.3 is 9.59 Å². The maximum absolute atomic E-state index is 9.81. The van der Waals surface area contributed by atoms with Crippen LogP contribution < -0.4 is 0 Å². The number of carbonyl (C=O) groups excluding carboxylic acids is 2. The van der Waals surface area contributed by atoms with Gasteiger partial charge in [-0.25, -0.2) is 0 Å². The van der Waals surface area contributed by atoms with Crippen LogP contribution in [0.15, 0.2) is 12.2 Å². The summed E-state index contributed by atoms with van der Waals surface area (Å²) in [5, 5.41) is 0. The number of rotatable bonds is 6.